The lowest BCUT2D eigenvalue weighted by Gasteiger charge is -2.03. The first-order valence-corrected chi connectivity index (χ1v) is 5.09. The van der Waals surface area contributed by atoms with Crippen molar-refractivity contribution in [2.24, 2.45) is 0 Å². The summed E-state index contributed by atoms with van der Waals surface area (Å²) in [4.78, 5) is 31.3. The number of Topliss-reactive ketones (excluding diaryl/α,β-unsaturated/α-hetero) is 3. The fourth-order valence-electron chi connectivity index (χ4n) is 1.29. The van der Waals surface area contributed by atoms with Crippen molar-refractivity contribution in [2.75, 3.05) is 0 Å². The third-order valence-corrected chi connectivity index (χ3v) is 2.14. The Hall–Kier alpha value is -2.17. The van der Waals surface area contributed by atoms with Crippen molar-refractivity contribution in [1.29, 1.82) is 0 Å². The van der Waals surface area contributed by atoms with Crippen molar-refractivity contribution in [3.8, 4) is 11.5 Å². The molecule has 0 radical (unpaired) electrons. The van der Waals surface area contributed by atoms with E-state index in [-0.39, 0.29) is 24.3 Å². The molecule has 0 heterocycles. The lowest BCUT2D eigenvalue weighted by atomic mass is 9.97. The zero-order valence-electron chi connectivity index (χ0n) is 9.05. The number of carbonyl (C=O) groups is 3. The number of phenols is 2. The lowest BCUT2D eigenvalue weighted by molar-refractivity contribution is -0.145. The molecule has 1 aliphatic carbocycles. The highest BCUT2D eigenvalue weighted by atomic mass is 16.3. The van der Waals surface area contributed by atoms with Crippen LogP contribution >= 0.6 is 0 Å². The van der Waals surface area contributed by atoms with E-state index in [1.54, 1.807) is 6.07 Å². The van der Waals surface area contributed by atoms with Gasteiger partial charge in [-0.05, 0) is 18.6 Å². The van der Waals surface area contributed by atoms with Gasteiger partial charge in [-0.1, -0.05) is 6.07 Å². The molecular formula is C12H12O5. The summed E-state index contributed by atoms with van der Waals surface area (Å²) in [6.07, 6.45) is 1.05. The van der Waals surface area contributed by atoms with Crippen LogP contribution in [-0.4, -0.2) is 27.6 Å². The van der Waals surface area contributed by atoms with Gasteiger partial charge in [0.25, 0.3) is 5.78 Å². The van der Waals surface area contributed by atoms with Gasteiger partial charge in [0.1, 0.15) is 11.5 Å². The molecule has 0 spiro atoms. The van der Waals surface area contributed by atoms with Gasteiger partial charge in [0, 0.05) is 18.9 Å². The fraction of sp³-hybridized carbons (Fsp3) is 0.250. The molecule has 17 heavy (non-hydrogen) atoms. The molecule has 90 valence electrons. The van der Waals surface area contributed by atoms with Crippen molar-refractivity contribution in [3.05, 3.63) is 24.3 Å². The number of ketones is 3. The number of aromatic hydroxyl groups is 2. The maximum atomic E-state index is 10.4. The van der Waals surface area contributed by atoms with E-state index in [1.165, 1.54) is 18.2 Å². The standard InChI is InChI=1S/C6H6O3.C6H6O2/c7-4-2-1-3-5(8)6(4)9;7-5-2-1-3-6(8)4-5/h1-3H2;1-4,7-8H. The maximum absolute atomic E-state index is 10.4. The first-order chi connectivity index (χ1) is 8.00. The van der Waals surface area contributed by atoms with E-state index in [9.17, 15) is 14.4 Å². The third-order valence-electron chi connectivity index (χ3n) is 2.14. The van der Waals surface area contributed by atoms with E-state index in [0.717, 1.165) is 0 Å². The van der Waals surface area contributed by atoms with Crippen molar-refractivity contribution in [3.63, 3.8) is 0 Å². The highest BCUT2D eigenvalue weighted by Gasteiger charge is 2.26. The Kier molecular flexibility index (Phi) is 4.39. The van der Waals surface area contributed by atoms with Gasteiger partial charge in [-0.15, -0.1) is 0 Å². The number of hydrogen-bond acceptors (Lipinski definition) is 5. The molecule has 0 aromatic heterocycles. The molecule has 0 unspecified atom stereocenters. The minimum atomic E-state index is -0.804. The van der Waals surface area contributed by atoms with E-state index in [0.29, 0.717) is 6.42 Å². The molecule has 0 amide bonds. The number of phenolic OH excluding ortho intramolecular Hbond substituents is 2. The summed E-state index contributed by atoms with van der Waals surface area (Å²) in [7, 11) is 0. The number of hydrogen-bond donors (Lipinski definition) is 2. The van der Waals surface area contributed by atoms with Gasteiger partial charge in [0.05, 0.1) is 0 Å². The van der Waals surface area contributed by atoms with Gasteiger partial charge in [0.15, 0.2) is 0 Å². The largest absolute Gasteiger partial charge is 0.508 e. The van der Waals surface area contributed by atoms with Crippen LogP contribution in [0.4, 0.5) is 0 Å². The molecule has 0 saturated heterocycles. The summed E-state index contributed by atoms with van der Waals surface area (Å²) in [5, 5.41) is 17.3. The first kappa shape index (κ1) is 12.9. The van der Waals surface area contributed by atoms with Crippen molar-refractivity contribution in [2.45, 2.75) is 19.3 Å². The summed E-state index contributed by atoms with van der Waals surface area (Å²) in [6, 6.07) is 5.85. The van der Waals surface area contributed by atoms with E-state index in [4.69, 9.17) is 10.2 Å². The highest BCUT2D eigenvalue weighted by Crippen LogP contribution is 2.14. The van der Waals surface area contributed by atoms with Gasteiger partial charge in [-0.2, -0.15) is 0 Å². The average molecular weight is 236 g/mol. The summed E-state index contributed by atoms with van der Waals surface area (Å²) in [5.74, 6) is -1.67. The van der Waals surface area contributed by atoms with E-state index < -0.39 is 17.3 Å². The first-order valence-electron chi connectivity index (χ1n) is 5.09. The molecule has 2 rings (SSSR count). The van der Waals surface area contributed by atoms with Crippen LogP contribution in [0, 0.1) is 0 Å². The Morgan fingerprint density at radius 3 is 1.65 bits per heavy atom. The molecule has 5 nitrogen and oxygen atoms in total. The fourth-order valence-corrected chi connectivity index (χ4v) is 1.29. The minimum Gasteiger partial charge on any atom is -0.508 e. The highest BCUT2D eigenvalue weighted by molar-refractivity contribution is 6.64. The lowest BCUT2D eigenvalue weighted by Crippen LogP contribution is -2.27. The SMILES string of the molecule is O=C1CCCC(=O)C1=O.Oc1cccc(O)c1. The van der Waals surface area contributed by atoms with Gasteiger partial charge in [-0.3, -0.25) is 14.4 Å². The second-order valence-electron chi connectivity index (χ2n) is 3.55. The number of benzene rings is 1. The summed E-state index contributed by atoms with van der Waals surface area (Å²) < 4.78 is 0. The monoisotopic (exact) mass is 236 g/mol. The summed E-state index contributed by atoms with van der Waals surface area (Å²) in [6.45, 7) is 0. The van der Waals surface area contributed by atoms with Crippen LogP contribution in [0.5, 0.6) is 11.5 Å². The van der Waals surface area contributed by atoms with Crippen LogP contribution in [0.1, 0.15) is 19.3 Å². The Bertz CT molecular complexity index is 415. The molecule has 1 aromatic carbocycles. The summed E-state index contributed by atoms with van der Waals surface area (Å²) >= 11 is 0. The quantitative estimate of drug-likeness (QED) is 0.655. The van der Waals surface area contributed by atoms with Crippen LogP contribution in [-0.2, 0) is 14.4 Å². The zero-order chi connectivity index (χ0) is 12.8. The number of carbonyl (C=O) groups excluding carboxylic acids is 3. The smallest absolute Gasteiger partial charge is 0.264 e. The van der Waals surface area contributed by atoms with Gasteiger partial charge in [0.2, 0.25) is 11.6 Å². The van der Waals surface area contributed by atoms with Gasteiger partial charge < -0.3 is 10.2 Å². The minimum absolute atomic E-state index is 0.0880. The predicted molar refractivity (Wildman–Crippen MR) is 58.6 cm³/mol. The normalized spacial score (nSPS) is 15.2. The van der Waals surface area contributed by atoms with Crippen LogP contribution in [0.3, 0.4) is 0 Å². The van der Waals surface area contributed by atoms with Crippen LogP contribution < -0.4 is 0 Å². The number of rotatable bonds is 0. The topological polar surface area (TPSA) is 91.7 Å². The molecule has 0 atom stereocenters. The molecular weight excluding hydrogens is 224 g/mol. The van der Waals surface area contributed by atoms with Gasteiger partial charge in [-0.25, -0.2) is 0 Å². The predicted octanol–water partition coefficient (Wildman–Crippen LogP) is 0.975. The molecule has 1 fully saturated rings. The second-order valence-corrected chi connectivity index (χ2v) is 3.55. The van der Waals surface area contributed by atoms with Crippen LogP contribution in [0.25, 0.3) is 0 Å². The van der Waals surface area contributed by atoms with Gasteiger partial charge >= 0.3 is 0 Å². The molecule has 5 heteroatoms. The van der Waals surface area contributed by atoms with Crippen molar-refractivity contribution in [1.82, 2.24) is 0 Å². The molecule has 0 aliphatic heterocycles. The van der Waals surface area contributed by atoms with Crippen LogP contribution in [0.15, 0.2) is 24.3 Å². The maximum Gasteiger partial charge on any atom is 0.264 e. The third kappa shape index (κ3) is 4.06. The van der Waals surface area contributed by atoms with Crippen molar-refractivity contribution >= 4 is 17.3 Å². The van der Waals surface area contributed by atoms with E-state index in [1.807, 2.05) is 0 Å². The van der Waals surface area contributed by atoms with E-state index >= 15 is 0 Å². The molecule has 1 aliphatic rings. The Labute approximate surface area is 97.7 Å². The zero-order valence-corrected chi connectivity index (χ0v) is 9.05. The molecule has 1 saturated carbocycles. The van der Waals surface area contributed by atoms with Crippen molar-refractivity contribution < 1.29 is 24.6 Å². The Balaban J connectivity index is 0.000000171. The second kappa shape index (κ2) is 5.79. The molecule has 1 aromatic rings. The summed E-state index contributed by atoms with van der Waals surface area (Å²) in [5.41, 5.74) is 0. The molecule has 2 N–H and O–H groups in total. The Morgan fingerprint density at radius 2 is 1.35 bits per heavy atom. The van der Waals surface area contributed by atoms with Crippen LogP contribution in [0.2, 0.25) is 0 Å². The molecule has 0 bridgehead atoms. The average Bonchev–Trinajstić information content (AvgIpc) is 2.26. The Morgan fingerprint density at radius 1 is 0.882 bits per heavy atom. The van der Waals surface area contributed by atoms with E-state index in [2.05, 4.69) is 0 Å².